The van der Waals surface area contributed by atoms with Gasteiger partial charge in [0.25, 0.3) is 0 Å². The number of rotatable bonds is 8. The van der Waals surface area contributed by atoms with Crippen molar-refractivity contribution in [1.29, 1.82) is 0 Å². The SMILES string of the molecule is CCOC(=O)C1CCC1C(=O)OCC.CCOC(=O)C1CCC1C(=O)OCC. The van der Waals surface area contributed by atoms with Crippen LogP contribution in [0.4, 0.5) is 0 Å². The van der Waals surface area contributed by atoms with E-state index in [1.807, 2.05) is 0 Å². The Bertz CT molecular complexity index is 448. The summed E-state index contributed by atoms with van der Waals surface area (Å²) in [7, 11) is 0. The summed E-state index contributed by atoms with van der Waals surface area (Å²) in [6.07, 6.45) is 2.95. The highest BCUT2D eigenvalue weighted by Gasteiger charge is 2.44. The number of hydrogen-bond donors (Lipinski definition) is 0. The Balaban J connectivity index is 0.000000280. The number of carbonyl (C=O) groups excluding carboxylic acids is 4. The molecular weight excluding hydrogens is 368 g/mol. The third-order valence-corrected chi connectivity index (χ3v) is 4.91. The van der Waals surface area contributed by atoms with Crippen LogP contribution >= 0.6 is 0 Å². The summed E-state index contributed by atoms with van der Waals surface area (Å²) in [6.45, 7) is 8.50. The van der Waals surface area contributed by atoms with Crippen molar-refractivity contribution >= 4 is 23.9 Å². The molecule has 0 bridgehead atoms. The maximum atomic E-state index is 11.3. The maximum Gasteiger partial charge on any atom is 0.309 e. The van der Waals surface area contributed by atoms with Gasteiger partial charge in [-0.25, -0.2) is 0 Å². The first-order valence-electron chi connectivity index (χ1n) is 10.1. The molecule has 0 spiro atoms. The molecule has 2 fully saturated rings. The highest BCUT2D eigenvalue weighted by Crippen LogP contribution is 2.36. The van der Waals surface area contributed by atoms with E-state index in [0.717, 1.165) is 25.7 Å². The Kier molecular flexibility index (Phi) is 10.6. The highest BCUT2D eigenvalue weighted by atomic mass is 16.5. The summed E-state index contributed by atoms with van der Waals surface area (Å²) in [5, 5.41) is 0. The number of carbonyl (C=O) groups is 4. The molecule has 4 unspecified atom stereocenters. The average molecular weight is 400 g/mol. The van der Waals surface area contributed by atoms with Crippen molar-refractivity contribution in [2.75, 3.05) is 26.4 Å². The molecular formula is C20H32O8. The average Bonchev–Trinajstić information content (AvgIpc) is 2.54. The fourth-order valence-electron chi connectivity index (χ4n) is 3.13. The van der Waals surface area contributed by atoms with E-state index in [9.17, 15) is 19.2 Å². The van der Waals surface area contributed by atoms with Crippen LogP contribution in [0.2, 0.25) is 0 Å². The van der Waals surface area contributed by atoms with Crippen molar-refractivity contribution < 1.29 is 38.1 Å². The second-order valence-electron chi connectivity index (χ2n) is 6.59. The third-order valence-electron chi connectivity index (χ3n) is 4.91. The molecule has 0 N–H and O–H groups in total. The van der Waals surface area contributed by atoms with Crippen LogP contribution in [0.5, 0.6) is 0 Å². The molecule has 0 radical (unpaired) electrons. The Morgan fingerprint density at radius 1 is 0.500 bits per heavy atom. The van der Waals surface area contributed by atoms with E-state index in [4.69, 9.17) is 18.9 Å². The van der Waals surface area contributed by atoms with E-state index in [-0.39, 0.29) is 47.5 Å². The van der Waals surface area contributed by atoms with Crippen molar-refractivity contribution in [3.05, 3.63) is 0 Å². The van der Waals surface area contributed by atoms with Gasteiger partial charge in [-0.1, -0.05) is 0 Å². The molecule has 8 heteroatoms. The predicted octanol–water partition coefficient (Wildman–Crippen LogP) is 2.28. The third kappa shape index (κ3) is 6.49. The van der Waals surface area contributed by atoms with Crippen LogP contribution in [0.15, 0.2) is 0 Å². The number of hydrogen-bond acceptors (Lipinski definition) is 8. The van der Waals surface area contributed by atoms with Crippen LogP contribution < -0.4 is 0 Å². The Labute approximate surface area is 166 Å². The van der Waals surface area contributed by atoms with Gasteiger partial charge in [0.1, 0.15) is 0 Å². The van der Waals surface area contributed by atoms with Gasteiger partial charge in [-0.05, 0) is 53.4 Å². The zero-order chi connectivity index (χ0) is 21.1. The minimum absolute atomic E-state index is 0.267. The molecule has 2 aliphatic rings. The summed E-state index contributed by atoms with van der Waals surface area (Å²) in [5.74, 6) is -2.15. The topological polar surface area (TPSA) is 105 Å². The molecule has 0 saturated heterocycles. The van der Waals surface area contributed by atoms with Gasteiger partial charge in [0.2, 0.25) is 0 Å². The maximum absolute atomic E-state index is 11.3. The van der Waals surface area contributed by atoms with Gasteiger partial charge in [-0.15, -0.1) is 0 Å². The first-order valence-corrected chi connectivity index (χ1v) is 10.1. The van der Waals surface area contributed by atoms with E-state index in [0.29, 0.717) is 26.4 Å². The van der Waals surface area contributed by atoms with Crippen molar-refractivity contribution in [3.63, 3.8) is 0 Å². The summed E-state index contributed by atoms with van der Waals surface area (Å²) in [6, 6.07) is 0. The molecule has 0 heterocycles. The van der Waals surface area contributed by atoms with Crippen molar-refractivity contribution in [3.8, 4) is 0 Å². The summed E-state index contributed by atoms with van der Waals surface area (Å²) in [5.41, 5.74) is 0. The van der Waals surface area contributed by atoms with Gasteiger partial charge in [0.15, 0.2) is 0 Å². The number of esters is 4. The monoisotopic (exact) mass is 400 g/mol. The molecule has 160 valence electrons. The lowest BCUT2D eigenvalue weighted by Crippen LogP contribution is -2.40. The lowest BCUT2D eigenvalue weighted by molar-refractivity contribution is -0.166. The van der Waals surface area contributed by atoms with Gasteiger partial charge in [-0.2, -0.15) is 0 Å². The molecule has 0 aromatic rings. The minimum atomic E-state index is -0.269. The van der Waals surface area contributed by atoms with Crippen LogP contribution in [-0.2, 0) is 38.1 Å². The molecule has 0 amide bonds. The van der Waals surface area contributed by atoms with E-state index < -0.39 is 0 Å². The molecule has 2 rings (SSSR count). The van der Waals surface area contributed by atoms with Crippen LogP contribution in [0.1, 0.15) is 53.4 Å². The van der Waals surface area contributed by atoms with Gasteiger partial charge in [0, 0.05) is 0 Å². The largest absolute Gasteiger partial charge is 0.466 e. The highest BCUT2D eigenvalue weighted by molar-refractivity contribution is 5.84. The Morgan fingerprint density at radius 2 is 0.679 bits per heavy atom. The zero-order valence-electron chi connectivity index (χ0n) is 17.2. The van der Waals surface area contributed by atoms with Crippen LogP contribution in [0.25, 0.3) is 0 Å². The summed E-state index contributed by atoms with van der Waals surface area (Å²) < 4.78 is 19.4. The minimum Gasteiger partial charge on any atom is -0.466 e. The molecule has 2 saturated carbocycles. The van der Waals surface area contributed by atoms with Crippen LogP contribution in [0, 0.1) is 23.7 Å². The molecule has 0 aromatic heterocycles. The molecule has 0 aliphatic heterocycles. The standard InChI is InChI=1S/2C10H16O4/c2*1-3-13-9(11)7-5-6-8(7)10(12)14-4-2/h2*7-8H,3-6H2,1-2H3. The molecule has 8 nitrogen and oxygen atoms in total. The van der Waals surface area contributed by atoms with Crippen LogP contribution in [-0.4, -0.2) is 50.3 Å². The van der Waals surface area contributed by atoms with Gasteiger partial charge >= 0.3 is 23.9 Å². The van der Waals surface area contributed by atoms with Crippen molar-refractivity contribution in [2.24, 2.45) is 23.7 Å². The zero-order valence-corrected chi connectivity index (χ0v) is 17.2. The van der Waals surface area contributed by atoms with Crippen molar-refractivity contribution in [1.82, 2.24) is 0 Å². The Hall–Kier alpha value is -2.12. The summed E-state index contributed by atoms with van der Waals surface area (Å²) >= 11 is 0. The molecule has 28 heavy (non-hydrogen) atoms. The first-order chi connectivity index (χ1) is 13.4. The smallest absolute Gasteiger partial charge is 0.309 e. The van der Waals surface area contributed by atoms with E-state index in [2.05, 4.69) is 0 Å². The molecule has 0 aromatic carbocycles. The Morgan fingerprint density at radius 3 is 0.786 bits per heavy atom. The van der Waals surface area contributed by atoms with E-state index in [1.54, 1.807) is 27.7 Å². The fourth-order valence-corrected chi connectivity index (χ4v) is 3.13. The van der Waals surface area contributed by atoms with Gasteiger partial charge in [0.05, 0.1) is 50.1 Å². The predicted molar refractivity (Wildman–Crippen MR) is 99.0 cm³/mol. The molecule has 2 aliphatic carbocycles. The lowest BCUT2D eigenvalue weighted by atomic mass is 9.74. The van der Waals surface area contributed by atoms with Gasteiger partial charge in [-0.3, -0.25) is 19.2 Å². The summed E-state index contributed by atoms with van der Waals surface area (Å²) in [4.78, 5) is 45.3. The number of ether oxygens (including phenoxy) is 4. The van der Waals surface area contributed by atoms with Crippen LogP contribution in [0.3, 0.4) is 0 Å². The normalized spacial score (nSPS) is 25.0. The van der Waals surface area contributed by atoms with E-state index in [1.165, 1.54) is 0 Å². The first kappa shape index (κ1) is 23.9. The molecule has 4 atom stereocenters. The second-order valence-corrected chi connectivity index (χ2v) is 6.59. The quantitative estimate of drug-likeness (QED) is 0.451. The van der Waals surface area contributed by atoms with Crippen molar-refractivity contribution in [2.45, 2.75) is 53.4 Å². The second kappa shape index (κ2) is 12.4. The van der Waals surface area contributed by atoms with E-state index >= 15 is 0 Å². The van der Waals surface area contributed by atoms with Gasteiger partial charge < -0.3 is 18.9 Å². The fraction of sp³-hybridized carbons (Fsp3) is 0.800. The lowest BCUT2D eigenvalue weighted by Gasteiger charge is -2.32.